The summed E-state index contributed by atoms with van der Waals surface area (Å²) in [5.74, 6) is 0.250. The van der Waals surface area contributed by atoms with E-state index in [1.807, 2.05) is 6.20 Å². The van der Waals surface area contributed by atoms with Crippen LogP contribution in [0.1, 0.15) is 5.76 Å². The van der Waals surface area contributed by atoms with Crippen molar-refractivity contribution in [2.45, 2.75) is 0 Å². The molecule has 1 aliphatic rings. The van der Waals surface area contributed by atoms with E-state index in [0.717, 1.165) is 13.1 Å². The molecule has 1 aromatic heterocycles. The molecule has 1 aromatic rings. The highest BCUT2D eigenvalue weighted by molar-refractivity contribution is 5.44. The predicted molar refractivity (Wildman–Crippen MR) is 56.8 cm³/mol. The van der Waals surface area contributed by atoms with Crippen LogP contribution in [0.5, 0.6) is 0 Å². The summed E-state index contributed by atoms with van der Waals surface area (Å²) in [6.07, 6.45) is 3.59. The molecule has 16 heavy (non-hydrogen) atoms. The van der Waals surface area contributed by atoms with E-state index in [4.69, 9.17) is 9.15 Å². The van der Waals surface area contributed by atoms with Gasteiger partial charge < -0.3 is 14.1 Å². The van der Waals surface area contributed by atoms with Gasteiger partial charge in [0.25, 0.3) is 0 Å². The Kier molecular flexibility index (Phi) is 3.21. The molecule has 0 bridgehead atoms. The Morgan fingerprint density at radius 1 is 1.38 bits per heavy atom. The molecule has 0 spiro atoms. The Balaban J connectivity index is 1.96. The van der Waals surface area contributed by atoms with Gasteiger partial charge in [-0.3, -0.25) is 10.1 Å². The van der Waals surface area contributed by atoms with E-state index in [1.54, 1.807) is 12.1 Å². The van der Waals surface area contributed by atoms with Crippen molar-refractivity contribution in [2.75, 3.05) is 26.3 Å². The molecule has 0 aromatic carbocycles. The maximum Gasteiger partial charge on any atom is 0.433 e. The largest absolute Gasteiger partial charge is 0.433 e. The molecule has 1 fully saturated rings. The Labute approximate surface area is 92.2 Å². The first-order chi connectivity index (χ1) is 7.75. The van der Waals surface area contributed by atoms with E-state index < -0.39 is 4.92 Å². The van der Waals surface area contributed by atoms with Crippen molar-refractivity contribution in [1.29, 1.82) is 0 Å². The minimum absolute atomic E-state index is 0.235. The predicted octanol–water partition coefficient (Wildman–Crippen LogP) is 1.49. The summed E-state index contributed by atoms with van der Waals surface area (Å²) in [6, 6.07) is 2.92. The summed E-state index contributed by atoms with van der Waals surface area (Å²) < 4.78 is 10.2. The SMILES string of the molecule is O=[N+]([O-])c1ccc(/C=C/N2CCOCC2)o1. The molecule has 0 atom stereocenters. The summed E-state index contributed by atoms with van der Waals surface area (Å²) in [5, 5.41) is 10.4. The summed E-state index contributed by atoms with van der Waals surface area (Å²) in [4.78, 5) is 11.9. The van der Waals surface area contributed by atoms with Gasteiger partial charge in [-0.2, -0.15) is 0 Å². The van der Waals surface area contributed by atoms with Crippen LogP contribution in [0.4, 0.5) is 5.88 Å². The molecule has 6 heteroatoms. The number of nitro groups is 1. The Bertz CT molecular complexity index is 393. The molecule has 0 amide bonds. The lowest BCUT2D eigenvalue weighted by molar-refractivity contribution is -0.402. The highest BCUT2D eigenvalue weighted by Gasteiger charge is 2.10. The number of rotatable bonds is 3. The highest BCUT2D eigenvalue weighted by Crippen LogP contribution is 2.16. The minimum atomic E-state index is -0.550. The van der Waals surface area contributed by atoms with E-state index in [2.05, 4.69) is 4.90 Å². The fourth-order valence-electron chi connectivity index (χ4n) is 1.44. The second-order valence-corrected chi connectivity index (χ2v) is 3.40. The Hall–Kier alpha value is -1.82. The van der Waals surface area contributed by atoms with Crippen molar-refractivity contribution in [3.63, 3.8) is 0 Å². The van der Waals surface area contributed by atoms with Crippen LogP contribution < -0.4 is 0 Å². The Morgan fingerprint density at radius 3 is 2.75 bits per heavy atom. The first kappa shape index (κ1) is 10.7. The van der Waals surface area contributed by atoms with E-state index in [9.17, 15) is 10.1 Å². The van der Waals surface area contributed by atoms with Gasteiger partial charge in [0.05, 0.1) is 19.3 Å². The van der Waals surface area contributed by atoms with Gasteiger partial charge in [0, 0.05) is 19.3 Å². The summed E-state index contributed by atoms with van der Waals surface area (Å²) in [6.45, 7) is 3.09. The summed E-state index contributed by atoms with van der Waals surface area (Å²) >= 11 is 0. The summed E-state index contributed by atoms with van der Waals surface area (Å²) in [5.41, 5.74) is 0. The number of hydrogen-bond donors (Lipinski definition) is 0. The van der Waals surface area contributed by atoms with Crippen molar-refractivity contribution in [2.24, 2.45) is 0 Å². The molecule has 2 heterocycles. The van der Waals surface area contributed by atoms with Gasteiger partial charge in [-0.1, -0.05) is 0 Å². The maximum atomic E-state index is 10.4. The van der Waals surface area contributed by atoms with Gasteiger partial charge in [-0.25, -0.2) is 0 Å². The van der Waals surface area contributed by atoms with Crippen molar-refractivity contribution < 1.29 is 14.1 Å². The van der Waals surface area contributed by atoms with Crippen LogP contribution in [-0.2, 0) is 4.74 Å². The third kappa shape index (κ3) is 2.60. The number of furan rings is 1. The highest BCUT2D eigenvalue weighted by atomic mass is 16.6. The molecule has 0 saturated carbocycles. The van der Waals surface area contributed by atoms with Crippen LogP contribution >= 0.6 is 0 Å². The smallest absolute Gasteiger partial charge is 0.401 e. The van der Waals surface area contributed by atoms with E-state index >= 15 is 0 Å². The van der Waals surface area contributed by atoms with Crippen LogP contribution in [0.25, 0.3) is 6.08 Å². The second kappa shape index (κ2) is 4.80. The fourth-order valence-corrected chi connectivity index (χ4v) is 1.44. The molecular weight excluding hydrogens is 212 g/mol. The number of ether oxygens (including phenoxy) is 1. The third-order valence-electron chi connectivity index (χ3n) is 2.29. The molecule has 0 N–H and O–H groups in total. The zero-order chi connectivity index (χ0) is 11.4. The molecule has 1 aliphatic heterocycles. The van der Waals surface area contributed by atoms with E-state index in [-0.39, 0.29) is 5.88 Å². The molecule has 2 rings (SSSR count). The van der Waals surface area contributed by atoms with Crippen molar-refractivity contribution >= 4 is 12.0 Å². The lowest BCUT2D eigenvalue weighted by Crippen LogP contribution is -2.31. The third-order valence-corrected chi connectivity index (χ3v) is 2.29. The van der Waals surface area contributed by atoms with Gasteiger partial charge >= 0.3 is 5.88 Å². The topological polar surface area (TPSA) is 68.8 Å². The molecular formula is C10H12N2O4. The average molecular weight is 224 g/mol. The van der Waals surface area contributed by atoms with Crippen LogP contribution in [0, 0.1) is 10.1 Å². The zero-order valence-corrected chi connectivity index (χ0v) is 8.67. The van der Waals surface area contributed by atoms with Gasteiger partial charge in [-0.05, 0) is 12.1 Å². The van der Waals surface area contributed by atoms with Crippen molar-refractivity contribution in [3.8, 4) is 0 Å². The van der Waals surface area contributed by atoms with Crippen LogP contribution in [0.3, 0.4) is 0 Å². The van der Waals surface area contributed by atoms with E-state index in [0.29, 0.717) is 19.0 Å². The number of morpholine rings is 1. The first-order valence-corrected chi connectivity index (χ1v) is 5.00. The first-order valence-electron chi connectivity index (χ1n) is 5.00. The number of hydrogen-bond acceptors (Lipinski definition) is 5. The van der Waals surface area contributed by atoms with Gasteiger partial charge in [0.2, 0.25) is 0 Å². The van der Waals surface area contributed by atoms with Crippen LogP contribution in [0.2, 0.25) is 0 Å². The summed E-state index contributed by atoms with van der Waals surface area (Å²) in [7, 11) is 0. The Morgan fingerprint density at radius 2 is 2.12 bits per heavy atom. The fraction of sp³-hybridized carbons (Fsp3) is 0.400. The normalized spacial score (nSPS) is 16.9. The molecule has 0 unspecified atom stereocenters. The average Bonchev–Trinajstić information content (AvgIpc) is 2.76. The minimum Gasteiger partial charge on any atom is -0.401 e. The van der Waals surface area contributed by atoms with Crippen molar-refractivity contribution in [3.05, 3.63) is 34.2 Å². The van der Waals surface area contributed by atoms with Crippen LogP contribution in [0.15, 0.2) is 22.7 Å². The monoisotopic (exact) mass is 224 g/mol. The standard InChI is InChI=1S/C10H12N2O4/c13-12(14)10-2-1-9(16-10)3-4-11-5-7-15-8-6-11/h1-4H,5-8H2/b4-3+. The molecule has 86 valence electrons. The van der Waals surface area contributed by atoms with Gasteiger partial charge in [-0.15, -0.1) is 0 Å². The maximum absolute atomic E-state index is 10.4. The molecule has 1 saturated heterocycles. The van der Waals surface area contributed by atoms with Gasteiger partial charge in [0.15, 0.2) is 0 Å². The molecule has 0 aliphatic carbocycles. The zero-order valence-electron chi connectivity index (χ0n) is 8.67. The molecule has 6 nitrogen and oxygen atoms in total. The quantitative estimate of drug-likeness (QED) is 0.574. The lowest BCUT2D eigenvalue weighted by atomic mass is 10.4. The number of nitrogens with zero attached hydrogens (tertiary/aromatic N) is 2. The molecule has 0 radical (unpaired) electrons. The lowest BCUT2D eigenvalue weighted by Gasteiger charge is -2.24. The van der Waals surface area contributed by atoms with E-state index in [1.165, 1.54) is 6.07 Å². The second-order valence-electron chi connectivity index (χ2n) is 3.40. The van der Waals surface area contributed by atoms with Crippen LogP contribution in [-0.4, -0.2) is 36.1 Å². The van der Waals surface area contributed by atoms with Crippen molar-refractivity contribution in [1.82, 2.24) is 4.90 Å². The van der Waals surface area contributed by atoms with Gasteiger partial charge in [0.1, 0.15) is 10.7 Å².